The van der Waals surface area contributed by atoms with Crippen LogP contribution in [0.3, 0.4) is 0 Å². The molecule has 2 aromatic rings. The van der Waals surface area contributed by atoms with Gasteiger partial charge in [-0.2, -0.15) is 4.98 Å². The first-order chi connectivity index (χ1) is 9.19. The summed E-state index contributed by atoms with van der Waals surface area (Å²) in [5.41, 5.74) is 6.85. The fourth-order valence-corrected chi connectivity index (χ4v) is 2.06. The predicted octanol–water partition coefficient (Wildman–Crippen LogP) is 2.14. The third-order valence-corrected chi connectivity index (χ3v) is 2.96. The molecule has 0 fully saturated rings. The molecule has 2 N–H and O–H groups in total. The van der Waals surface area contributed by atoms with Gasteiger partial charge in [-0.3, -0.25) is 4.98 Å². The van der Waals surface area contributed by atoms with Crippen LogP contribution < -0.4 is 5.73 Å². The number of hydrogen-bond donors (Lipinski definition) is 1. The summed E-state index contributed by atoms with van der Waals surface area (Å²) in [6, 6.07) is 3.90. The van der Waals surface area contributed by atoms with Gasteiger partial charge in [-0.05, 0) is 24.0 Å². The maximum absolute atomic E-state index is 5.78. The van der Waals surface area contributed by atoms with Crippen molar-refractivity contribution < 1.29 is 4.52 Å². The van der Waals surface area contributed by atoms with Gasteiger partial charge in [0.15, 0.2) is 5.82 Å². The quantitative estimate of drug-likeness (QED) is 0.861. The molecule has 0 aromatic carbocycles. The van der Waals surface area contributed by atoms with E-state index in [1.807, 2.05) is 18.3 Å². The van der Waals surface area contributed by atoms with Crippen molar-refractivity contribution in [3.05, 3.63) is 41.8 Å². The summed E-state index contributed by atoms with van der Waals surface area (Å²) < 4.78 is 5.33. The van der Waals surface area contributed by atoms with E-state index in [2.05, 4.69) is 29.0 Å². The van der Waals surface area contributed by atoms with Crippen LogP contribution in [0.2, 0.25) is 0 Å². The monoisotopic (exact) mass is 260 g/mol. The number of hydrogen-bond acceptors (Lipinski definition) is 5. The lowest BCUT2D eigenvalue weighted by molar-refractivity contribution is 0.332. The van der Waals surface area contributed by atoms with E-state index in [1.165, 1.54) is 0 Å². The minimum atomic E-state index is 0.148. The molecule has 0 saturated carbocycles. The maximum atomic E-state index is 5.78. The molecule has 0 radical (unpaired) electrons. The average molecular weight is 260 g/mol. The molecule has 0 spiro atoms. The Morgan fingerprint density at radius 1 is 1.37 bits per heavy atom. The van der Waals surface area contributed by atoms with Crippen molar-refractivity contribution in [2.24, 2.45) is 11.7 Å². The first-order valence-electron chi connectivity index (χ1n) is 6.60. The normalized spacial score (nSPS) is 12.8. The van der Waals surface area contributed by atoms with Gasteiger partial charge in [0, 0.05) is 25.4 Å². The highest BCUT2D eigenvalue weighted by Crippen LogP contribution is 2.21. The summed E-state index contributed by atoms with van der Waals surface area (Å²) in [4.78, 5) is 8.52. The zero-order valence-corrected chi connectivity index (χ0v) is 11.4. The van der Waals surface area contributed by atoms with Crippen molar-refractivity contribution in [1.29, 1.82) is 0 Å². The SMILES string of the molecule is CC(C)CC(CN)c1nc(Cc2cccnc2)no1. The van der Waals surface area contributed by atoms with Gasteiger partial charge in [-0.15, -0.1) is 0 Å². The van der Waals surface area contributed by atoms with Crippen LogP contribution in [0.5, 0.6) is 0 Å². The number of aromatic nitrogens is 3. The summed E-state index contributed by atoms with van der Waals surface area (Å²) in [7, 11) is 0. The molecule has 0 aliphatic heterocycles. The van der Waals surface area contributed by atoms with Crippen LogP contribution in [0.1, 0.15) is 43.5 Å². The smallest absolute Gasteiger partial charge is 0.231 e. The fraction of sp³-hybridized carbons (Fsp3) is 0.500. The number of nitrogens with two attached hydrogens (primary N) is 1. The molecule has 0 aliphatic rings. The molecule has 0 aliphatic carbocycles. The highest BCUT2D eigenvalue weighted by molar-refractivity contribution is 5.14. The average Bonchev–Trinajstić information content (AvgIpc) is 2.85. The fourth-order valence-electron chi connectivity index (χ4n) is 2.06. The van der Waals surface area contributed by atoms with E-state index < -0.39 is 0 Å². The van der Waals surface area contributed by atoms with Crippen molar-refractivity contribution in [2.75, 3.05) is 6.54 Å². The van der Waals surface area contributed by atoms with Crippen molar-refractivity contribution >= 4 is 0 Å². The Morgan fingerprint density at radius 3 is 2.84 bits per heavy atom. The van der Waals surface area contributed by atoms with Crippen molar-refractivity contribution in [2.45, 2.75) is 32.6 Å². The van der Waals surface area contributed by atoms with Crippen LogP contribution in [0.15, 0.2) is 29.0 Å². The molecule has 19 heavy (non-hydrogen) atoms. The lowest BCUT2D eigenvalue weighted by Crippen LogP contribution is -2.15. The Balaban J connectivity index is 2.06. The first-order valence-corrected chi connectivity index (χ1v) is 6.60. The van der Waals surface area contributed by atoms with Gasteiger partial charge in [0.25, 0.3) is 0 Å². The van der Waals surface area contributed by atoms with Crippen molar-refractivity contribution in [3.8, 4) is 0 Å². The lowest BCUT2D eigenvalue weighted by atomic mass is 9.97. The molecule has 0 bridgehead atoms. The molecule has 5 nitrogen and oxygen atoms in total. The largest absolute Gasteiger partial charge is 0.339 e. The summed E-state index contributed by atoms with van der Waals surface area (Å²) in [6.45, 7) is 4.86. The summed E-state index contributed by atoms with van der Waals surface area (Å²) in [5.74, 6) is 2.04. The number of pyridine rings is 1. The van der Waals surface area contributed by atoms with Crippen LogP contribution in [-0.2, 0) is 6.42 Å². The molecule has 2 aromatic heterocycles. The molecule has 2 rings (SSSR count). The highest BCUT2D eigenvalue weighted by Gasteiger charge is 2.18. The molecule has 0 amide bonds. The van der Waals surface area contributed by atoms with Crippen LogP contribution in [-0.4, -0.2) is 21.7 Å². The predicted molar refractivity (Wildman–Crippen MR) is 72.6 cm³/mol. The second-order valence-electron chi connectivity index (χ2n) is 5.15. The van der Waals surface area contributed by atoms with Gasteiger partial charge in [-0.25, -0.2) is 0 Å². The van der Waals surface area contributed by atoms with E-state index in [9.17, 15) is 0 Å². The Bertz CT molecular complexity index is 495. The molecular formula is C14H20N4O. The lowest BCUT2D eigenvalue weighted by Gasteiger charge is -2.11. The van der Waals surface area contributed by atoms with E-state index in [1.54, 1.807) is 6.20 Å². The molecule has 102 valence electrons. The van der Waals surface area contributed by atoms with Crippen molar-refractivity contribution in [1.82, 2.24) is 15.1 Å². The maximum Gasteiger partial charge on any atom is 0.231 e. The second kappa shape index (κ2) is 6.43. The Labute approximate surface area is 113 Å². The van der Waals surface area contributed by atoms with Crippen LogP contribution >= 0.6 is 0 Å². The Hall–Kier alpha value is -1.75. The van der Waals surface area contributed by atoms with Crippen LogP contribution in [0, 0.1) is 5.92 Å². The van der Waals surface area contributed by atoms with Gasteiger partial charge in [0.1, 0.15) is 0 Å². The second-order valence-corrected chi connectivity index (χ2v) is 5.15. The summed E-state index contributed by atoms with van der Waals surface area (Å²) in [6.07, 6.45) is 5.16. The van der Waals surface area contributed by atoms with E-state index in [0.717, 1.165) is 12.0 Å². The van der Waals surface area contributed by atoms with Crippen molar-refractivity contribution in [3.63, 3.8) is 0 Å². The number of nitrogens with zero attached hydrogens (tertiary/aromatic N) is 3. The van der Waals surface area contributed by atoms with Gasteiger partial charge in [0.05, 0.1) is 5.92 Å². The molecule has 1 atom stereocenters. The Kier molecular flexibility index (Phi) is 4.63. The third-order valence-electron chi connectivity index (χ3n) is 2.96. The van der Waals surface area contributed by atoms with Gasteiger partial charge in [0.2, 0.25) is 5.89 Å². The highest BCUT2D eigenvalue weighted by atomic mass is 16.5. The van der Waals surface area contributed by atoms with E-state index in [0.29, 0.717) is 30.6 Å². The molecule has 5 heteroatoms. The minimum Gasteiger partial charge on any atom is -0.339 e. The Morgan fingerprint density at radius 2 is 2.21 bits per heavy atom. The topological polar surface area (TPSA) is 77.8 Å². The molecule has 2 heterocycles. The molecular weight excluding hydrogens is 240 g/mol. The summed E-state index contributed by atoms with van der Waals surface area (Å²) >= 11 is 0. The molecule has 0 saturated heterocycles. The van der Waals surface area contributed by atoms with E-state index in [-0.39, 0.29) is 5.92 Å². The third kappa shape index (κ3) is 3.86. The van der Waals surface area contributed by atoms with E-state index >= 15 is 0 Å². The zero-order chi connectivity index (χ0) is 13.7. The zero-order valence-electron chi connectivity index (χ0n) is 11.4. The minimum absolute atomic E-state index is 0.148. The summed E-state index contributed by atoms with van der Waals surface area (Å²) in [5, 5.41) is 4.02. The van der Waals surface area contributed by atoms with E-state index in [4.69, 9.17) is 10.3 Å². The number of rotatable bonds is 6. The first kappa shape index (κ1) is 13.7. The van der Waals surface area contributed by atoms with Gasteiger partial charge < -0.3 is 10.3 Å². The van der Waals surface area contributed by atoms with Gasteiger partial charge in [-0.1, -0.05) is 25.1 Å². The van der Waals surface area contributed by atoms with Crippen LogP contribution in [0.25, 0.3) is 0 Å². The van der Waals surface area contributed by atoms with Gasteiger partial charge >= 0.3 is 0 Å². The molecule has 1 unspecified atom stereocenters. The standard InChI is InChI=1S/C14H20N4O/c1-10(2)6-12(8-15)14-17-13(18-19-14)7-11-4-3-5-16-9-11/h3-5,9-10,12H,6-8,15H2,1-2H3. The van der Waals surface area contributed by atoms with Crippen LogP contribution in [0.4, 0.5) is 0 Å².